The van der Waals surface area contributed by atoms with Crippen LogP contribution in [0.2, 0.25) is 0 Å². The first kappa shape index (κ1) is 10.9. The number of ether oxygens (including phenoxy) is 1. The molecule has 2 rings (SSSR count). The summed E-state index contributed by atoms with van der Waals surface area (Å²) in [5, 5.41) is 0. The Morgan fingerprint density at radius 2 is 2.00 bits per heavy atom. The molecule has 0 aliphatic carbocycles. The maximum atomic E-state index is 11.4. The van der Waals surface area contributed by atoms with Gasteiger partial charge in [-0.25, -0.2) is 14.8 Å². The molecule has 5 nitrogen and oxygen atoms in total. The number of hydrogen-bond donors (Lipinski definition) is 0. The van der Waals surface area contributed by atoms with Gasteiger partial charge in [0.1, 0.15) is 0 Å². The van der Waals surface area contributed by atoms with Gasteiger partial charge in [-0.15, -0.1) is 0 Å². The molecule has 0 amide bonds. The van der Waals surface area contributed by atoms with Crippen LogP contribution in [-0.2, 0) is 4.74 Å². The van der Waals surface area contributed by atoms with E-state index in [1.807, 2.05) is 0 Å². The molecule has 1 aromatic heterocycles. The number of anilines is 1. The molecule has 0 unspecified atom stereocenters. The lowest BCUT2D eigenvalue weighted by molar-refractivity contribution is 0.0525. The standard InChI is InChI=1S/C11H15N3O2/c1-2-16-10(15)9-7-12-11(13-8-9)14-5-3-4-6-14/h7-8H,2-6H2,1H3. The van der Waals surface area contributed by atoms with Crippen LogP contribution in [-0.4, -0.2) is 35.6 Å². The maximum absolute atomic E-state index is 11.4. The molecule has 1 aliphatic heterocycles. The number of carbonyl (C=O) groups is 1. The van der Waals surface area contributed by atoms with Crippen molar-refractivity contribution in [2.75, 3.05) is 24.6 Å². The molecule has 5 heteroatoms. The van der Waals surface area contributed by atoms with Crippen LogP contribution in [0.1, 0.15) is 30.1 Å². The predicted molar refractivity (Wildman–Crippen MR) is 59.4 cm³/mol. The Balaban J connectivity index is 2.06. The largest absolute Gasteiger partial charge is 0.462 e. The van der Waals surface area contributed by atoms with Crippen molar-refractivity contribution >= 4 is 11.9 Å². The van der Waals surface area contributed by atoms with E-state index in [9.17, 15) is 4.79 Å². The van der Waals surface area contributed by atoms with Gasteiger partial charge in [-0.2, -0.15) is 0 Å². The average Bonchev–Trinajstić information content (AvgIpc) is 2.83. The Labute approximate surface area is 94.5 Å². The summed E-state index contributed by atoms with van der Waals surface area (Å²) in [6, 6.07) is 0. The number of carbonyl (C=O) groups excluding carboxylic acids is 1. The van der Waals surface area contributed by atoms with E-state index in [-0.39, 0.29) is 5.97 Å². The fourth-order valence-electron chi connectivity index (χ4n) is 1.72. The Kier molecular flexibility index (Phi) is 3.34. The minimum absolute atomic E-state index is 0.365. The van der Waals surface area contributed by atoms with Crippen molar-refractivity contribution in [2.45, 2.75) is 19.8 Å². The summed E-state index contributed by atoms with van der Waals surface area (Å²) in [7, 11) is 0. The van der Waals surface area contributed by atoms with Crippen LogP contribution in [0.15, 0.2) is 12.4 Å². The third-order valence-corrected chi connectivity index (χ3v) is 2.54. The highest BCUT2D eigenvalue weighted by atomic mass is 16.5. The summed E-state index contributed by atoms with van der Waals surface area (Å²) in [5.41, 5.74) is 0.407. The lowest BCUT2D eigenvalue weighted by Crippen LogP contribution is -2.20. The van der Waals surface area contributed by atoms with Crippen molar-refractivity contribution in [3.05, 3.63) is 18.0 Å². The minimum atomic E-state index is -0.365. The number of aromatic nitrogens is 2. The molecule has 1 fully saturated rings. The molecular formula is C11H15N3O2. The molecule has 86 valence electrons. The zero-order valence-corrected chi connectivity index (χ0v) is 9.35. The molecule has 0 spiro atoms. The molecule has 1 saturated heterocycles. The fourth-order valence-corrected chi connectivity index (χ4v) is 1.72. The van der Waals surface area contributed by atoms with Gasteiger partial charge < -0.3 is 9.64 Å². The average molecular weight is 221 g/mol. The Bertz CT molecular complexity index is 358. The SMILES string of the molecule is CCOC(=O)c1cnc(N2CCCC2)nc1. The first-order valence-corrected chi connectivity index (χ1v) is 5.55. The summed E-state index contributed by atoms with van der Waals surface area (Å²) in [6.45, 7) is 4.14. The van der Waals surface area contributed by atoms with E-state index >= 15 is 0 Å². The molecule has 1 aromatic rings. The van der Waals surface area contributed by atoms with Gasteiger partial charge in [0.15, 0.2) is 0 Å². The number of esters is 1. The Morgan fingerprint density at radius 1 is 1.38 bits per heavy atom. The number of nitrogens with zero attached hydrogens (tertiary/aromatic N) is 3. The van der Waals surface area contributed by atoms with Gasteiger partial charge in [0.2, 0.25) is 5.95 Å². The normalized spacial score (nSPS) is 15.2. The molecule has 16 heavy (non-hydrogen) atoms. The van der Waals surface area contributed by atoms with Crippen molar-refractivity contribution in [2.24, 2.45) is 0 Å². The predicted octanol–water partition coefficient (Wildman–Crippen LogP) is 1.25. The van der Waals surface area contributed by atoms with Crippen LogP contribution in [0.3, 0.4) is 0 Å². The van der Waals surface area contributed by atoms with Crippen molar-refractivity contribution in [1.82, 2.24) is 9.97 Å². The van der Waals surface area contributed by atoms with Crippen LogP contribution < -0.4 is 4.90 Å². The van der Waals surface area contributed by atoms with Gasteiger partial charge in [0, 0.05) is 25.5 Å². The molecule has 0 N–H and O–H groups in total. The van der Waals surface area contributed by atoms with E-state index in [2.05, 4.69) is 14.9 Å². The smallest absolute Gasteiger partial charge is 0.341 e. The highest BCUT2D eigenvalue weighted by molar-refractivity contribution is 5.88. The van der Waals surface area contributed by atoms with Gasteiger partial charge in [0.25, 0.3) is 0 Å². The van der Waals surface area contributed by atoms with Crippen LogP contribution in [0.4, 0.5) is 5.95 Å². The summed E-state index contributed by atoms with van der Waals surface area (Å²) in [5.74, 6) is 0.334. The van der Waals surface area contributed by atoms with Crippen molar-refractivity contribution in [3.8, 4) is 0 Å². The maximum Gasteiger partial charge on any atom is 0.341 e. The number of hydrogen-bond acceptors (Lipinski definition) is 5. The highest BCUT2D eigenvalue weighted by Crippen LogP contribution is 2.14. The second kappa shape index (κ2) is 4.92. The second-order valence-corrected chi connectivity index (χ2v) is 3.69. The topological polar surface area (TPSA) is 55.3 Å². The lowest BCUT2D eigenvalue weighted by atomic mass is 10.3. The second-order valence-electron chi connectivity index (χ2n) is 3.69. The van der Waals surface area contributed by atoms with E-state index in [4.69, 9.17) is 4.74 Å². The first-order valence-electron chi connectivity index (χ1n) is 5.55. The molecule has 0 saturated carbocycles. The van der Waals surface area contributed by atoms with E-state index in [0.717, 1.165) is 13.1 Å². The molecule has 0 bridgehead atoms. The molecule has 0 radical (unpaired) electrons. The van der Waals surface area contributed by atoms with E-state index < -0.39 is 0 Å². The third kappa shape index (κ3) is 2.29. The van der Waals surface area contributed by atoms with Crippen molar-refractivity contribution in [3.63, 3.8) is 0 Å². The Hall–Kier alpha value is -1.65. The monoisotopic (exact) mass is 221 g/mol. The molecular weight excluding hydrogens is 206 g/mol. The van der Waals surface area contributed by atoms with Crippen molar-refractivity contribution in [1.29, 1.82) is 0 Å². The van der Waals surface area contributed by atoms with Gasteiger partial charge in [-0.05, 0) is 19.8 Å². The highest BCUT2D eigenvalue weighted by Gasteiger charge is 2.15. The zero-order valence-electron chi connectivity index (χ0n) is 9.35. The van der Waals surface area contributed by atoms with Crippen LogP contribution in [0, 0.1) is 0 Å². The van der Waals surface area contributed by atoms with Crippen LogP contribution in [0.5, 0.6) is 0 Å². The summed E-state index contributed by atoms with van der Waals surface area (Å²) in [6.07, 6.45) is 5.42. The lowest BCUT2D eigenvalue weighted by Gasteiger charge is -2.14. The zero-order chi connectivity index (χ0) is 11.4. The van der Waals surface area contributed by atoms with E-state index in [0.29, 0.717) is 18.1 Å². The van der Waals surface area contributed by atoms with Crippen LogP contribution in [0.25, 0.3) is 0 Å². The summed E-state index contributed by atoms with van der Waals surface area (Å²) >= 11 is 0. The van der Waals surface area contributed by atoms with Gasteiger partial charge in [-0.3, -0.25) is 0 Å². The summed E-state index contributed by atoms with van der Waals surface area (Å²) < 4.78 is 4.86. The van der Waals surface area contributed by atoms with Gasteiger partial charge in [0.05, 0.1) is 12.2 Å². The van der Waals surface area contributed by atoms with Crippen LogP contribution >= 0.6 is 0 Å². The number of rotatable bonds is 3. The third-order valence-electron chi connectivity index (χ3n) is 2.54. The Morgan fingerprint density at radius 3 is 2.56 bits per heavy atom. The van der Waals surface area contributed by atoms with Crippen molar-refractivity contribution < 1.29 is 9.53 Å². The van der Waals surface area contributed by atoms with E-state index in [1.54, 1.807) is 6.92 Å². The van der Waals surface area contributed by atoms with E-state index in [1.165, 1.54) is 25.2 Å². The van der Waals surface area contributed by atoms with Gasteiger partial charge in [-0.1, -0.05) is 0 Å². The quantitative estimate of drug-likeness (QED) is 0.719. The first-order chi connectivity index (χ1) is 7.81. The van der Waals surface area contributed by atoms with Gasteiger partial charge >= 0.3 is 5.97 Å². The fraction of sp³-hybridized carbons (Fsp3) is 0.545. The molecule has 1 aliphatic rings. The molecule has 0 aromatic carbocycles. The minimum Gasteiger partial charge on any atom is -0.462 e. The molecule has 0 atom stereocenters. The molecule has 2 heterocycles. The summed E-state index contributed by atoms with van der Waals surface area (Å²) in [4.78, 5) is 21.8.